The number of aromatic nitrogens is 4. The van der Waals surface area contributed by atoms with Crippen molar-refractivity contribution in [2.75, 3.05) is 32.8 Å². The zero-order chi connectivity index (χ0) is 40.5. The lowest BCUT2D eigenvalue weighted by Crippen LogP contribution is -2.68. The van der Waals surface area contributed by atoms with Gasteiger partial charge in [-0.15, -0.1) is 0 Å². The Hall–Kier alpha value is -3.12. The molecule has 2 aliphatic rings. The minimum Gasteiger partial charge on any atom is -0.389 e. The van der Waals surface area contributed by atoms with Crippen molar-refractivity contribution in [2.24, 2.45) is 34.4 Å². The number of H-pyrrole nitrogens is 2. The van der Waals surface area contributed by atoms with Gasteiger partial charge in [-0.25, -0.2) is 9.97 Å². The Labute approximate surface area is 328 Å². The van der Waals surface area contributed by atoms with E-state index < -0.39 is 73.1 Å². The maximum absolute atomic E-state index is 12.3. The number of carbonyl (C=O) groups excluding carboxylic acids is 2. The Bertz CT molecular complexity index is 1380. The van der Waals surface area contributed by atoms with Crippen LogP contribution >= 0.6 is 0 Å². The summed E-state index contributed by atoms with van der Waals surface area (Å²) in [5.41, 5.74) is 38.7. The molecule has 3 heterocycles. The summed E-state index contributed by atoms with van der Waals surface area (Å²) in [6.45, 7) is 1.74. The average Bonchev–Trinajstić information content (AvgIpc) is 3.90. The highest BCUT2D eigenvalue weighted by atomic mass is 16.7. The van der Waals surface area contributed by atoms with E-state index in [0.29, 0.717) is 45.6 Å². The Balaban J connectivity index is 1.13. The first-order chi connectivity index (χ1) is 27.0. The summed E-state index contributed by atoms with van der Waals surface area (Å²) >= 11 is 0. The van der Waals surface area contributed by atoms with Gasteiger partial charge >= 0.3 is 0 Å². The molecule has 1 saturated carbocycles. The van der Waals surface area contributed by atoms with Gasteiger partial charge in [-0.3, -0.25) is 9.59 Å². The van der Waals surface area contributed by atoms with Crippen molar-refractivity contribution in [2.45, 2.75) is 144 Å². The molecule has 0 aromatic carbocycles. The normalized spacial score (nSPS) is 29.1. The molecule has 56 heavy (non-hydrogen) atoms. The van der Waals surface area contributed by atoms with Crippen LogP contribution < -0.4 is 45.0 Å². The summed E-state index contributed by atoms with van der Waals surface area (Å²) in [5, 5.41) is 27.9. The summed E-state index contributed by atoms with van der Waals surface area (Å²) in [6, 6.07) is -3.50. The van der Waals surface area contributed by atoms with Gasteiger partial charge in [-0.1, -0.05) is 25.7 Å². The Morgan fingerprint density at radius 1 is 0.768 bits per heavy atom. The van der Waals surface area contributed by atoms with Crippen molar-refractivity contribution >= 4 is 11.8 Å². The van der Waals surface area contributed by atoms with Crippen LogP contribution in [0, 0.1) is 0 Å². The standard InChI is InChI=1S/C36H66N12O8/c37-16-27-32(53-11-7-3-1-5-9-45-34(51)25(40)13-21-17-43-19-47-21)30(50)28(42)36(55-27)56-31-24(39)15-23(38)29(49)33(31)54-12-8-4-2-6-10-46-35(52)26(41)14-22-18-44-20-48-22/h17-20,23-33,36,49-50H,1-16,37-42H2,(H,43,47)(H,44,48)(H,45,51)(H,46,52)/t23-,24+,25?,26?,27-,28-,29+,30-,31-,32-,33-,36-/m1/s1. The van der Waals surface area contributed by atoms with Gasteiger partial charge in [0.05, 0.1) is 36.9 Å². The van der Waals surface area contributed by atoms with E-state index in [1.165, 1.54) is 0 Å². The van der Waals surface area contributed by atoms with Crippen molar-refractivity contribution in [1.29, 1.82) is 0 Å². The maximum Gasteiger partial charge on any atom is 0.237 e. The second kappa shape index (κ2) is 24.0. The van der Waals surface area contributed by atoms with Crippen LogP contribution in [0.4, 0.5) is 0 Å². The summed E-state index contributed by atoms with van der Waals surface area (Å²) < 4.78 is 24.6. The van der Waals surface area contributed by atoms with E-state index in [-0.39, 0.29) is 24.8 Å². The monoisotopic (exact) mass is 795 g/mol. The second-order valence-electron chi connectivity index (χ2n) is 14.9. The third kappa shape index (κ3) is 14.1. The molecule has 1 aliphatic carbocycles. The molecular weight excluding hydrogens is 728 g/mol. The molecule has 20 nitrogen and oxygen atoms in total. The highest BCUT2D eigenvalue weighted by Crippen LogP contribution is 2.30. The third-order valence-electron chi connectivity index (χ3n) is 10.3. The number of hydrogen-bond acceptors (Lipinski definition) is 16. The number of aromatic amines is 2. The number of aliphatic hydroxyl groups excluding tert-OH is 2. The van der Waals surface area contributed by atoms with Gasteiger partial charge in [-0.2, -0.15) is 0 Å². The van der Waals surface area contributed by atoms with Crippen LogP contribution in [0.5, 0.6) is 0 Å². The fourth-order valence-electron chi connectivity index (χ4n) is 6.99. The molecule has 0 radical (unpaired) electrons. The number of nitrogens with zero attached hydrogens (tertiary/aromatic N) is 2. The van der Waals surface area contributed by atoms with E-state index in [1.54, 1.807) is 25.0 Å². The molecule has 1 aliphatic heterocycles. The van der Waals surface area contributed by atoms with E-state index in [0.717, 1.165) is 56.3 Å². The van der Waals surface area contributed by atoms with Crippen LogP contribution in [-0.4, -0.2) is 148 Å². The van der Waals surface area contributed by atoms with Gasteiger partial charge < -0.3 is 84.2 Å². The predicted octanol–water partition coefficient (Wildman–Crippen LogP) is -3.13. The number of amides is 2. The molecular formula is C36H66N12O8. The molecule has 0 bridgehead atoms. The van der Waals surface area contributed by atoms with Crippen LogP contribution in [0.3, 0.4) is 0 Å². The molecule has 1 saturated heterocycles. The average molecular weight is 795 g/mol. The Morgan fingerprint density at radius 3 is 1.79 bits per heavy atom. The van der Waals surface area contributed by atoms with Crippen LogP contribution in [0.2, 0.25) is 0 Å². The van der Waals surface area contributed by atoms with E-state index in [1.807, 2.05) is 0 Å². The summed E-state index contributed by atoms with van der Waals surface area (Å²) in [7, 11) is 0. The number of aliphatic hydroxyl groups is 2. The van der Waals surface area contributed by atoms with Gasteiger partial charge in [0, 0.05) is 81.6 Å². The van der Waals surface area contributed by atoms with Crippen molar-refractivity contribution in [3.05, 3.63) is 36.4 Å². The lowest BCUT2D eigenvalue weighted by Gasteiger charge is -2.47. The third-order valence-corrected chi connectivity index (χ3v) is 10.3. The SMILES string of the molecule is NC[C@H]1O[C@H](O[C@H]2[C@H](OCCCCCCNC(=O)C(N)Cc3cnc[nH]3)[C@@H](O)[C@H](N)C[C@@H]2N)[C@H](N)[C@@H](O)[C@@H]1OCCCCCCNC(=O)C(N)Cc1cnc[nH]1. The summed E-state index contributed by atoms with van der Waals surface area (Å²) in [6.07, 6.45) is 7.36. The Morgan fingerprint density at radius 2 is 1.29 bits per heavy atom. The van der Waals surface area contributed by atoms with Crippen molar-refractivity contribution in [3.63, 3.8) is 0 Å². The number of nitrogens with two attached hydrogens (primary N) is 6. The van der Waals surface area contributed by atoms with E-state index >= 15 is 0 Å². The van der Waals surface area contributed by atoms with Gasteiger partial charge in [0.15, 0.2) is 6.29 Å². The minimum absolute atomic E-state index is 0.0440. The first kappa shape index (κ1) is 45.6. The molecule has 318 valence electrons. The Kier molecular flexibility index (Phi) is 19.5. The lowest BCUT2D eigenvalue weighted by atomic mass is 9.84. The molecule has 2 aromatic heterocycles. The number of rotatable bonds is 25. The highest BCUT2D eigenvalue weighted by molar-refractivity contribution is 5.82. The van der Waals surface area contributed by atoms with Crippen LogP contribution in [0.15, 0.2) is 25.0 Å². The van der Waals surface area contributed by atoms with E-state index in [2.05, 4.69) is 30.6 Å². The number of nitrogens with one attached hydrogen (secondary N) is 4. The second-order valence-corrected chi connectivity index (χ2v) is 14.9. The predicted molar refractivity (Wildman–Crippen MR) is 206 cm³/mol. The lowest BCUT2D eigenvalue weighted by molar-refractivity contribution is -0.296. The largest absolute Gasteiger partial charge is 0.389 e. The smallest absolute Gasteiger partial charge is 0.237 e. The first-order valence-electron chi connectivity index (χ1n) is 19.9. The van der Waals surface area contributed by atoms with E-state index in [4.69, 9.17) is 53.3 Å². The molecule has 12 atom stereocenters. The summed E-state index contributed by atoms with van der Waals surface area (Å²) in [5.74, 6) is -0.420. The van der Waals surface area contributed by atoms with Crippen LogP contribution in [0.25, 0.3) is 0 Å². The number of unbranched alkanes of at least 4 members (excludes halogenated alkanes) is 6. The first-order valence-corrected chi connectivity index (χ1v) is 19.9. The zero-order valence-corrected chi connectivity index (χ0v) is 32.3. The van der Waals surface area contributed by atoms with Crippen LogP contribution in [0.1, 0.15) is 69.2 Å². The highest BCUT2D eigenvalue weighted by Gasteiger charge is 2.49. The molecule has 2 fully saturated rings. The molecule has 20 heteroatoms. The van der Waals surface area contributed by atoms with E-state index in [9.17, 15) is 19.8 Å². The minimum atomic E-state index is -1.15. The fourth-order valence-corrected chi connectivity index (χ4v) is 6.99. The zero-order valence-electron chi connectivity index (χ0n) is 32.3. The number of imidazole rings is 2. The van der Waals surface area contributed by atoms with Gasteiger partial charge in [-0.05, 0) is 32.1 Å². The number of ether oxygens (including phenoxy) is 4. The molecule has 2 aromatic rings. The van der Waals surface area contributed by atoms with Crippen molar-refractivity contribution in [1.82, 2.24) is 30.6 Å². The molecule has 2 amide bonds. The summed E-state index contributed by atoms with van der Waals surface area (Å²) in [4.78, 5) is 38.3. The quantitative estimate of drug-likeness (QED) is 0.0442. The van der Waals surface area contributed by atoms with Crippen molar-refractivity contribution < 1.29 is 38.7 Å². The molecule has 0 spiro atoms. The van der Waals surface area contributed by atoms with Crippen LogP contribution in [-0.2, 0) is 41.4 Å². The molecule has 2 unspecified atom stereocenters. The fraction of sp³-hybridized carbons (Fsp3) is 0.778. The van der Waals surface area contributed by atoms with Crippen molar-refractivity contribution in [3.8, 4) is 0 Å². The number of carbonyl (C=O) groups is 2. The topological polar surface area (TPSA) is 349 Å². The number of hydrogen-bond donors (Lipinski definition) is 12. The van der Waals surface area contributed by atoms with Gasteiger partial charge in [0.2, 0.25) is 11.8 Å². The van der Waals surface area contributed by atoms with Gasteiger partial charge in [0.25, 0.3) is 0 Å². The molecule has 18 N–H and O–H groups in total. The molecule has 4 rings (SSSR count). The van der Waals surface area contributed by atoms with Gasteiger partial charge in [0.1, 0.15) is 30.5 Å². The maximum atomic E-state index is 12.3.